The number of amides is 1. The second-order valence-corrected chi connectivity index (χ2v) is 5.43. The molecule has 1 aromatic heterocycles. The third-order valence-corrected chi connectivity index (χ3v) is 3.57. The van der Waals surface area contributed by atoms with E-state index in [-0.39, 0.29) is 11.7 Å². The fourth-order valence-corrected chi connectivity index (χ4v) is 2.55. The molecule has 18 heavy (non-hydrogen) atoms. The van der Waals surface area contributed by atoms with Crippen molar-refractivity contribution in [2.24, 2.45) is 11.7 Å². The van der Waals surface area contributed by atoms with E-state index in [9.17, 15) is 9.18 Å². The van der Waals surface area contributed by atoms with E-state index >= 15 is 0 Å². The largest absolute Gasteiger partial charge is 0.368 e. The highest BCUT2D eigenvalue weighted by Crippen LogP contribution is 2.27. The van der Waals surface area contributed by atoms with Gasteiger partial charge in [0.05, 0.1) is 10.2 Å². The lowest BCUT2D eigenvalue weighted by Gasteiger charge is -2.17. The summed E-state index contributed by atoms with van der Waals surface area (Å²) < 4.78 is 13.9. The van der Waals surface area contributed by atoms with Gasteiger partial charge in [0.1, 0.15) is 11.9 Å². The van der Waals surface area contributed by atoms with Crippen molar-refractivity contribution in [2.75, 3.05) is 5.32 Å². The van der Waals surface area contributed by atoms with E-state index < -0.39 is 11.9 Å². The van der Waals surface area contributed by atoms with Crippen LogP contribution in [0.1, 0.15) is 13.8 Å². The van der Waals surface area contributed by atoms with E-state index in [1.54, 1.807) is 6.07 Å². The minimum Gasteiger partial charge on any atom is -0.368 e. The summed E-state index contributed by atoms with van der Waals surface area (Å²) >= 11 is 1.37. The lowest BCUT2D eigenvalue weighted by molar-refractivity contribution is -0.119. The number of benzene rings is 1. The van der Waals surface area contributed by atoms with Gasteiger partial charge in [-0.1, -0.05) is 25.2 Å². The highest BCUT2D eigenvalue weighted by molar-refractivity contribution is 7.22. The van der Waals surface area contributed by atoms with Gasteiger partial charge in [-0.3, -0.25) is 4.79 Å². The van der Waals surface area contributed by atoms with Crippen LogP contribution >= 0.6 is 11.3 Å². The van der Waals surface area contributed by atoms with Gasteiger partial charge in [-0.25, -0.2) is 9.37 Å². The Hall–Kier alpha value is -1.69. The van der Waals surface area contributed by atoms with Crippen LogP contribution in [0.25, 0.3) is 10.2 Å². The molecule has 0 aliphatic rings. The van der Waals surface area contributed by atoms with Gasteiger partial charge in [0.25, 0.3) is 0 Å². The summed E-state index contributed by atoms with van der Waals surface area (Å²) in [6.45, 7) is 3.80. The molecular formula is C12H14FN3OS. The predicted molar refractivity (Wildman–Crippen MR) is 71.0 cm³/mol. The second-order valence-electron chi connectivity index (χ2n) is 4.40. The molecule has 1 aromatic carbocycles. The second kappa shape index (κ2) is 4.89. The van der Waals surface area contributed by atoms with Crippen molar-refractivity contribution in [3.63, 3.8) is 0 Å². The lowest BCUT2D eigenvalue weighted by Crippen LogP contribution is -2.39. The molecule has 0 saturated carbocycles. The Morgan fingerprint density at radius 3 is 2.83 bits per heavy atom. The molecule has 0 bridgehead atoms. The zero-order valence-corrected chi connectivity index (χ0v) is 10.9. The normalized spacial score (nSPS) is 12.9. The van der Waals surface area contributed by atoms with Gasteiger partial charge in [0, 0.05) is 6.07 Å². The molecule has 0 aliphatic carbocycles. The van der Waals surface area contributed by atoms with Crippen LogP contribution in [0, 0.1) is 11.7 Å². The fourth-order valence-electron chi connectivity index (χ4n) is 1.66. The molecule has 0 radical (unpaired) electrons. The Bertz CT molecular complexity index is 582. The number of nitrogens with zero attached hydrogens (tertiary/aromatic N) is 1. The molecule has 1 unspecified atom stereocenters. The smallest absolute Gasteiger partial charge is 0.240 e. The van der Waals surface area contributed by atoms with Crippen LogP contribution in [0.5, 0.6) is 0 Å². The van der Waals surface area contributed by atoms with Crippen LogP contribution in [0.15, 0.2) is 18.2 Å². The number of hydrogen-bond acceptors (Lipinski definition) is 4. The minimum absolute atomic E-state index is 0.0613. The number of carbonyl (C=O) groups is 1. The van der Waals surface area contributed by atoms with E-state index in [0.717, 1.165) is 4.70 Å². The summed E-state index contributed by atoms with van der Waals surface area (Å²) in [4.78, 5) is 15.5. The molecule has 0 saturated heterocycles. The number of hydrogen-bond donors (Lipinski definition) is 2. The first-order valence-corrected chi connectivity index (χ1v) is 6.41. The Balaban J connectivity index is 2.28. The summed E-state index contributed by atoms with van der Waals surface area (Å²) in [5.74, 6) is -0.684. The van der Waals surface area contributed by atoms with Crippen molar-refractivity contribution in [3.05, 3.63) is 24.0 Å². The third kappa shape index (κ3) is 2.59. The van der Waals surface area contributed by atoms with Crippen LogP contribution in [0.3, 0.4) is 0 Å². The van der Waals surface area contributed by atoms with Crippen molar-refractivity contribution in [3.8, 4) is 0 Å². The Kier molecular flexibility index (Phi) is 3.47. The molecule has 2 rings (SSSR count). The summed E-state index contributed by atoms with van der Waals surface area (Å²) in [6.07, 6.45) is 0. The highest BCUT2D eigenvalue weighted by atomic mass is 32.1. The van der Waals surface area contributed by atoms with Crippen molar-refractivity contribution in [2.45, 2.75) is 19.9 Å². The molecule has 1 amide bonds. The van der Waals surface area contributed by atoms with Crippen LogP contribution in [0.2, 0.25) is 0 Å². The van der Waals surface area contributed by atoms with Crippen LogP contribution < -0.4 is 11.1 Å². The monoisotopic (exact) mass is 267 g/mol. The number of fused-ring (bicyclic) bond motifs is 1. The van der Waals surface area contributed by atoms with Crippen molar-refractivity contribution >= 4 is 32.6 Å². The van der Waals surface area contributed by atoms with Gasteiger partial charge in [-0.05, 0) is 18.1 Å². The van der Waals surface area contributed by atoms with Crippen molar-refractivity contribution < 1.29 is 9.18 Å². The number of thiazole rings is 1. The van der Waals surface area contributed by atoms with Gasteiger partial charge in [0.2, 0.25) is 5.91 Å². The number of rotatable bonds is 4. The lowest BCUT2D eigenvalue weighted by atomic mass is 10.0. The molecule has 0 fully saturated rings. The van der Waals surface area contributed by atoms with Crippen molar-refractivity contribution in [1.82, 2.24) is 4.98 Å². The molecule has 3 N–H and O–H groups in total. The molecular weight excluding hydrogens is 253 g/mol. The number of carbonyl (C=O) groups excluding carboxylic acids is 1. The van der Waals surface area contributed by atoms with Gasteiger partial charge >= 0.3 is 0 Å². The number of anilines is 1. The van der Waals surface area contributed by atoms with Gasteiger partial charge in [-0.15, -0.1) is 0 Å². The first kappa shape index (κ1) is 12.8. The van der Waals surface area contributed by atoms with Crippen LogP contribution in [-0.4, -0.2) is 16.9 Å². The third-order valence-electron chi connectivity index (χ3n) is 2.60. The van der Waals surface area contributed by atoms with E-state index in [4.69, 9.17) is 5.73 Å². The molecule has 96 valence electrons. The van der Waals surface area contributed by atoms with E-state index in [1.165, 1.54) is 23.5 Å². The zero-order valence-electron chi connectivity index (χ0n) is 10.1. The van der Waals surface area contributed by atoms with Crippen LogP contribution in [-0.2, 0) is 4.79 Å². The molecule has 0 aliphatic heterocycles. The first-order valence-electron chi connectivity index (χ1n) is 5.59. The predicted octanol–water partition coefficient (Wildman–Crippen LogP) is 2.36. The Morgan fingerprint density at radius 1 is 1.50 bits per heavy atom. The van der Waals surface area contributed by atoms with Crippen LogP contribution in [0.4, 0.5) is 9.52 Å². The maximum atomic E-state index is 13.0. The molecule has 1 heterocycles. The topological polar surface area (TPSA) is 68.0 Å². The molecule has 2 aromatic rings. The summed E-state index contributed by atoms with van der Waals surface area (Å²) in [5, 5.41) is 3.57. The molecule has 6 heteroatoms. The van der Waals surface area contributed by atoms with Gasteiger partial charge < -0.3 is 11.1 Å². The number of primary amides is 1. The SMILES string of the molecule is CC(C)C(Nc1nc2cc(F)ccc2s1)C(N)=O. The summed E-state index contributed by atoms with van der Waals surface area (Å²) in [7, 11) is 0. The number of nitrogens with one attached hydrogen (secondary N) is 1. The number of aromatic nitrogens is 1. The molecule has 0 spiro atoms. The van der Waals surface area contributed by atoms with Gasteiger partial charge in [0.15, 0.2) is 5.13 Å². The average Bonchev–Trinajstić information content (AvgIpc) is 2.66. The number of nitrogens with two attached hydrogens (primary N) is 1. The quantitative estimate of drug-likeness (QED) is 0.893. The first-order chi connectivity index (χ1) is 8.47. The summed E-state index contributed by atoms with van der Waals surface area (Å²) in [6, 6.07) is 3.95. The standard InChI is InChI=1S/C12H14FN3OS/c1-6(2)10(11(14)17)16-12-15-8-5-7(13)3-4-9(8)18-12/h3-6,10H,1-2H3,(H2,14,17)(H,15,16). The Morgan fingerprint density at radius 2 is 2.22 bits per heavy atom. The van der Waals surface area contributed by atoms with Gasteiger partial charge in [-0.2, -0.15) is 0 Å². The zero-order chi connectivity index (χ0) is 13.3. The average molecular weight is 267 g/mol. The number of halogens is 1. The van der Waals surface area contributed by atoms with E-state index in [2.05, 4.69) is 10.3 Å². The molecule has 1 atom stereocenters. The minimum atomic E-state index is -0.476. The maximum Gasteiger partial charge on any atom is 0.240 e. The van der Waals surface area contributed by atoms with Crippen molar-refractivity contribution in [1.29, 1.82) is 0 Å². The fraction of sp³-hybridized carbons (Fsp3) is 0.333. The molecule has 4 nitrogen and oxygen atoms in total. The van der Waals surface area contributed by atoms with E-state index in [1.807, 2.05) is 13.8 Å². The summed E-state index contributed by atoms with van der Waals surface area (Å²) in [5.41, 5.74) is 5.90. The maximum absolute atomic E-state index is 13.0. The van der Waals surface area contributed by atoms with E-state index in [0.29, 0.717) is 10.6 Å². The Labute approximate surface area is 108 Å². The highest BCUT2D eigenvalue weighted by Gasteiger charge is 2.20.